The van der Waals surface area contributed by atoms with Crippen molar-refractivity contribution >= 4 is 11.9 Å². The number of fused-ring (bicyclic) bond motifs is 3. The third-order valence-corrected chi connectivity index (χ3v) is 4.81. The molecule has 1 amide bonds. The molecular formula is C18H15NO3. The van der Waals surface area contributed by atoms with Crippen LogP contribution in [0.4, 0.5) is 0 Å². The van der Waals surface area contributed by atoms with Gasteiger partial charge in [-0.1, -0.05) is 48.5 Å². The Hall–Kier alpha value is -2.62. The summed E-state index contributed by atoms with van der Waals surface area (Å²) in [7, 11) is 1.39. The number of hydrogen-bond donors (Lipinski definition) is 1. The molecule has 0 aromatic heterocycles. The summed E-state index contributed by atoms with van der Waals surface area (Å²) < 4.78 is 5.08. The Labute approximate surface area is 128 Å². The van der Waals surface area contributed by atoms with Gasteiger partial charge in [0.2, 0.25) is 0 Å². The van der Waals surface area contributed by atoms with E-state index >= 15 is 0 Å². The summed E-state index contributed by atoms with van der Waals surface area (Å²) in [5.41, 5.74) is 1.63. The molecular weight excluding hydrogens is 278 g/mol. The maximum atomic E-state index is 12.6. The molecule has 4 heteroatoms. The number of amides is 1. The topological polar surface area (TPSA) is 55.4 Å². The Morgan fingerprint density at radius 2 is 1.77 bits per heavy atom. The van der Waals surface area contributed by atoms with Gasteiger partial charge in [-0.15, -0.1) is 0 Å². The van der Waals surface area contributed by atoms with E-state index in [1.807, 2.05) is 48.5 Å². The number of carbonyl (C=O) groups is 2. The third kappa shape index (κ3) is 1.47. The summed E-state index contributed by atoms with van der Waals surface area (Å²) in [4.78, 5) is 24.9. The summed E-state index contributed by atoms with van der Waals surface area (Å²) >= 11 is 0. The zero-order chi connectivity index (χ0) is 15.3. The van der Waals surface area contributed by atoms with Crippen LogP contribution in [0, 0.1) is 0 Å². The highest BCUT2D eigenvalue weighted by atomic mass is 16.5. The van der Waals surface area contributed by atoms with Crippen molar-refractivity contribution in [3.05, 3.63) is 71.3 Å². The second-order valence-corrected chi connectivity index (χ2v) is 5.74. The molecule has 0 unspecified atom stereocenters. The highest BCUT2D eigenvalue weighted by molar-refractivity contribution is 6.03. The van der Waals surface area contributed by atoms with E-state index in [1.54, 1.807) is 6.07 Å². The van der Waals surface area contributed by atoms with E-state index in [2.05, 4.69) is 5.32 Å². The Morgan fingerprint density at radius 1 is 1.09 bits per heavy atom. The molecule has 4 rings (SSSR count). The first-order chi connectivity index (χ1) is 10.7. The first kappa shape index (κ1) is 13.1. The average Bonchev–Trinajstić information content (AvgIpc) is 3.25. The first-order valence-corrected chi connectivity index (χ1v) is 7.25. The molecule has 0 bridgehead atoms. The summed E-state index contributed by atoms with van der Waals surface area (Å²) in [5.74, 6) is -0.500. The van der Waals surface area contributed by atoms with Crippen LogP contribution in [0.1, 0.15) is 27.4 Å². The summed E-state index contributed by atoms with van der Waals surface area (Å²) in [6, 6.07) is 16.8. The maximum Gasteiger partial charge on any atom is 0.319 e. The predicted molar refractivity (Wildman–Crippen MR) is 80.6 cm³/mol. The van der Waals surface area contributed by atoms with E-state index in [1.165, 1.54) is 7.11 Å². The van der Waals surface area contributed by atoms with Gasteiger partial charge in [0.05, 0.1) is 13.2 Å². The molecule has 1 aliphatic carbocycles. The molecule has 2 aromatic carbocycles. The molecule has 22 heavy (non-hydrogen) atoms. The molecule has 0 radical (unpaired) electrons. The number of ether oxygens (including phenoxy) is 1. The molecule has 1 heterocycles. The van der Waals surface area contributed by atoms with Gasteiger partial charge in [-0.05, 0) is 17.2 Å². The van der Waals surface area contributed by atoms with Crippen LogP contribution in [-0.4, -0.2) is 25.0 Å². The second-order valence-electron chi connectivity index (χ2n) is 5.74. The number of methoxy groups -OCH3 is 1. The van der Waals surface area contributed by atoms with Crippen LogP contribution in [0.15, 0.2) is 54.6 Å². The van der Waals surface area contributed by atoms with Crippen LogP contribution >= 0.6 is 0 Å². The van der Waals surface area contributed by atoms with Crippen molar-refractivity contribution in [3.8, 4) is 0 Å². The molecule has 1 fully saturated rings. The van der Waals surface area contributed by atoms with Gasteiger partial charge in [-0.2, -0.15) is 0 Å². The highest BCUT2D eigenvalue weighted by Crippen LogP contribution is 2.63. The predicted octanol–water partition coefficient (Wildman–Crippen LogP) is 2.01. The van der Waals surface area contributed by atoms with Gasteiger partial charge in [-0.25, -0.2) is 0 Å². The van der Waals surface area contributed by atoms with Crippen LogP contribution in [-0.2, 0) is 14.9 Å². The SMILES string of the molecule is COC(=O)[C@]1(c2ccccc2)[C@@H]2NC(=O)c3ccccc3[C@@H]21. The monoisotopic (exact) mass is 293 g/mol. The van der Waals surface area contributed by atoms with Gasteiger partial charge in [0.25, 0.3) is 5.91 Å². The van der Waals surface area contributed by atoms with E-state index < -0.39 is 5.41 Å². The van der Waals surface area contributed by atoms with Crippen molar-refractivity contribution in [3.63, 3.8) is 0 Å². The Morgan fingerprint density at radius 3 is 2.50 bits per heavy atom. The molecule has 110 valence electrons. The molecule has 4 nitrogen and oxygen atoms in total. The fourth-order valence-corrected chi connectivity index (χ4v) is 3.82. The molecule has 1 aliphatic heterocycles. The molecule has 3 atom stereocenters. The summed E-state index contributed by atoms with van der Waals surface area (Å²) in [6.45, 7) is 0. The van der Waals surface area contributed by atoms with E-state index in [0.29, 0.717) is 5.56 Å². The average molecular weight is 293 g/mol. The van der Waals surface area contributed by atoms with Crippen LogP contribution in [0.5, 0.6) is 0 Å². The Bertz CT molecular complexity index is 771. The highest BCUT2D eigenvalue weighted by Gasteiger charge is 2.74. The van der Waals surface area contributed by atoms with Crippen molar-refractivity contribution in [2.45, 2.75) is 17.4 Å². The van der Waals surface area contributed by atoms with Crippen molar-refractivity contribution in [1.29, 1.82) is 0 Å². The van der Waals surface area contributed by atoms with Gasteiger partial charge in [-0.3, -0.25) is 9.59 Å². The van der Waals surface area contributed by atoms with Crippen LogP contribution in [0.25, 0.3) is 0 Å². The van der Waals surface area contributed by atoms with Crippen molar-refractivity contribution < 1.29 is 14.3 Å². The third-order valence-electron chi connectivity index (χ3n) is 4.81. The minimum absolute atomic E-state index is 0.0729. The number of benzene rings is 2. The van der Waals surface area contributed by atoms with Crippen LogP contribution in [0.2, 0.25) is 0 Å². The molecule has 0 saturated heterocycles. The fourth-order valence-electron chi connectivity index (χ4n) is 3.82. The zero-order valence-corrected chi connectivity index (χ0v) is 12.1. The van der Waals surface area contributed by atoms with E-state index in [0.717, 1.165) is 11.1 Å². The van der Waals surface area contributed by atoms with E-state index in [4.69, 9.17) is 4.74 Å². The lowest BCUT2D eigenvalue weighted by molar-refractivity contribution is -0.144. The first-order valence-electron chi connectivity index (χ1n) is 7.25. The molecule has 1 N–H and O–H groups in total. The quantitative estimate of drug-likeness (QED) is 0.862. The fraction of sp³-hybridized carbons (Fsp3) is 0.222. The van der Waals surface area contributed by atoms with Gasteiger partial charge >= 0.3 is 5.97 Å². The lowest BCUT2D eigenvalue weighted by Gasteiger charge is -2.15. The van der Waals surface area contributed by atoms with E-state index in [9.17, 15) is 9.59 Å². The number of hydrogen-bond acceptors (Lipinski definition) is 3. The smallest absolute Gasteiger partial charge is 0.319 e. The number of nitrogens with one attached hydrogen (secondary N) is 1. The number of esters is 1. The molecule has 0 spiro atoms. The molecule has 2 aliphatic rings. The van der Waals surface area contributed by atoms with Crippen molar-refractivity contribution in [2.24, 2.45) is 0 Å². The van der Waals surface area contributed by atoms with Crippen LogP contribution < -0.4 is 5.32 Å². The second kappa shape index (κ2) is 4.44. The molecule has 1 saturated carbocycles. The van der Waals surface area contributed by atoms with Crippen molar-refractivity contribution in [2.75, 3.05) is 7.11 Å². The van der Waals surface area contributed by atoms with Gasteiger partial charge in [0.1, 0.15) is 5.41 Å². The van der Waals surface area contributed by atoms with Crippen LogP contribution in [0.3, 0.4) is 0 Å². The minimum Gasteiger partial charge on any atom is -0.468 e. The summed E-state index contributed by atoms with van der Waals surface area (Å²) in [6.07, 6.45) is 0. The Kier molecular flexibility index (Phi) is 2.64. The largest absolute Gasteiger partial charge is 0.468 e. The standard InChI is InChI=1S/C18H15NO3/c1-22-17(21)18(11-7-3-2-4-8-11)14-12-9-5-6-10-13(12)16(20)19-15(14)18/h2-10,14-15H,1H3,(H,19,20)/t14-,15+,18-/m0/s1. The molecule has 2 aromatic rings. The lowest BCUT2D eigenvalue weighted by Crippen LogP contribution is -2.36. The van der Waals surface area contributed by atoms with Gasteiger partial charge in [0.15, 0.2) is 0 Å². The van der Waals surface area contributed by atoms with Gasteiger partial charge in [0, 0.05) is 11.5 Å². The summed E-state index contributed by atoms with van der Waals surface area (Å²) in [5, 5.41) is 2.97. The van der Waals surface area contributed by atoms with E-state index in [-0.39, 0.29) is 23.8 Å². The van der Waals surface area contributed by atoms with Gasteiger partial charge < -0.3 is 10.1 Å². The maximum absolute atomic E-state index is 12.6. The minimum atomic E-state index is -0.821. The number of carbonyl (C=O) groups excluding carboxylic acids is 2. The zero-order valence-electron chi connectivity index (χ0n) is 12.1. The normalized spacial score (nSPS) is 28.1. The Balaban J connectivity index is 1.91. The lowest BCUT2D eigenvalue weighted by atomic mass is 9.89. The van der Waals surface area contributed by atoms with Crippen molar-refractivity contribution in [1.82, 2.24) is 5.32 Å². The number of rotatable bonds is 2.